The first-order valence-corrected chi connectivity index (χ1v) is 6.52. The number of hydrogen-bond acceptors (Lipinski definition) is 3. The van der Waals surface area contributed by atoms with Crippen LogP contribution < -0.4 is 10.6 Å². The molecule has 1 aliphatic heterocycles. The predicted molar refractivity (Wildman–Crippen MR) is 72.1 cm³/mol. The number of nitrogens with zero attached hydrogens (tertiary/aromatic N) is 1. The van der Waals surface area contributed by atoms with Crippen molar-refractivity contribution in [3.63, 3.8) is 0 Å². The summed E-state index contributed by atoms with van der Waals surface area (Å²) in [6.07, 6.45) is 0. The second-order valence-electron chi connectivity index (χ2n) is 4.08. The summed E-state index contributed by atoms with van der Waals surface area (Å²) in [4.78, 5) is 14.0. The molecular weight excluding hydrogens is 282 g/mol. The van der Waals surface area contributed by atoms with E-state index >= 15 is 0 Å². The molecule has 0 unspecified atom stereocenters. The minimum absolute atomic E-state index is 0.0463. The van der Waals surface area contributed by atoms with Crippen molar-refractivity contribution < 1.29 is 4.79 Å². The summed E-state index contributed by atoms with van der Waals surface area (Å²) in [5.41, 5.74) is 0.833. The Kier molecular flexibility index (Phi) is 4.53. The maximum absolute atomic E-state index is 11.8. The number of amides is 1. The standard InChI is InChI=1S/C12H16BrN3O/c13-10-2-1-3-11(8-10)15-12(17)9-16-6-4-14-5-7-16/h1-3,8,14H,4-7,9H2,(H,15,17). The maximum Gasteiger partial charge on any atom is 0.238 e. The molecule has 0 aromatic heterocycles. The van der Waals surface area contributed by atoms with Gasteiger partial charge in [0, 0.05) is 36.3 Å². The summed E-state index contributed by atoms with van der Waals surface area (Å²) in [7, 11) is 0. The first-order valence-electron chi connectivity index (χ1n) is 5.72. The van der Waals surface area contributed by atoms with Gasteiger partial charge in [0.2, 0.25) is 5.91 Å². The highest BCUT2D eigenvalue weighted by atomic mass is 79.9. The SMILES string of the molecule is O=C(CN1CCNCC1)Nc1cccc(Br)c1. The molecule has 1 aliphatic rings. The number of benzene rings is 1. The van der Waals surface area contributed by atoms with Crippen molar-refractivity contribution in [2.24, 2.45) is 0 Å². The van der Waals surface area contributed by atoms with Gasteiger partial charge in [-0.05, 0) is 18.2 Å². The monoisotopic (exact) mass is 297 g/mol. The van der Waals surface area contributed by atoms with Crippen molar-refractivity contribution in [1.29, 1.82) is 0 Å². The molecule has 0 saturated carbocycles. The van der Waals surface area contributed by atoms with E-state index in [-0.39, 0.29) is 5.91 Å². The first-order chi connectivity index (χ1) is 8.24. The van der Waals surface area contributed by atoms with Crippen molar-refractivity contribution >= 4 is 27.5 Å². The summed E-state index contributed by atoms with van der Waals surface area (Å²) in [5, 5.41) is 6.16. The van der Waals surface area contributed by atoms with Crippen LogP contribution in [0.15, 0.2) is 28.7 Å². The topological polar surface area (TPSA) is 44.4 Å². The highest BCUT2D eigenvalue weighted by molar-refractivity contribution is 9.10. The summed E-state index contributed by atoms with van der Waals surface area (Å²) >= 11 is 3.38. The van der Waals surface area contributed by atoms with Crippen molar-refractivity contribution in [2.75, 3.05) is 38.0 Å². The van der Waals surface area contributed by atoms with E-state index in [1.54, 1.807) is 0 Å². The molecule has 0 radical (unpaired) electrons. The lowest BCUT2D eigenvalue weighted by Crippen LogP contribution is -2.46. The van der Waals surface area contributed by atoms with Crippen molar-refractivity contribution in [3.8, 4) is 0 Å². The Balaban J connectivity index is 1.84. The molecule has 2 N–H and O–H groups in total. The third-order valence-electron chi connectivity index (χ3n) is 2.69. The van der Waals surface area contributed by atoms with Crippen LogP contribution in [0.2, 0.25) is 0 Å². The molecule has 1 aromatic rings. The Hall–Kier alpha value is -0.910. The molecule has 0 bridgehead atoms. The largest absolute Gasteiger partial charge is 0.325 e. The number of carbonyl (C=O) groups is 1. The number of rotatable bonds is 3. The van der Waals surface area contributed by atoms with Gasteiger partial charge >= 0.3 is 0 Å². The van der Waals surface area contributed by atoms with Gasteiger partial charge in [-0.25, -0.2) is 0 Å². The lowest BCUT2D eigenvalue weighted by atomic mass is 10.3. The van der Waals surface area contributed by atoms with Crippen LogP contribution >= 0.6 is 15.9 Å². The van der Waals surface area contributed by atoms with Gasteiger partial charge in [-0.15, -0.1) is 0 Å². The van der Waals surface area contributed by atoms with Gasteiger partial charge in [0.1, 0.15) is 0 Å². The smallest absolute Gasteiger partial charge is 0.238 e. The normalized spacial score (nSPS) is 16.8. The Labute approximate surface area is 110 Å². The van der Waals surface area contributed by atoms with Crippen LogP contribution in [-0.2, 0) is 4.79 Å². The summed E-state index contributed by atoms with van der Waals surface area (Å²) in [5.74, 6) is 0.0463. The van der Waals surface area contributed by atoms with E-state index in [0.29, 0.717) is 6.54 Å². The molecule has 17 heavy (non-hydrogen) atoms. The van der Waals surface area contributed by atoms with Gasteiger partial charge < -0.3 is 10.6 Å². The van der Waals surface area contributed by atoms with E-state index < -0.39 is 0 Å². The van der Waals surface area contributed by atoms with Gasteiger partial charge in [0.15, 0.2) is 0 Å². The Bertz CT molecular complexity index is 391. The van der Waals surface area contributed by atoms with Crippen LogP contribution in [0, 0.1) is 0 Å². The Morgan fingerprint density at radius 3 is 2.88 bits per heavy atom. The maximum atomic E-state index is 11.8. The molecule has 0 aliphatic carbocycles. The fourth-order valence-corrected chi connectivity index (χ4v) is 2.24. The van der Waals surface area contributed by atoms with Gasteiger partial charge in [0.05, 0.1) is 6.54 Å². The molecule has 4 nitrogen and oxygen atoms in total. The molecule has 1 fully saturated rings. The number of halogens is 1. The highest BCUT2D eigenvalue weighted by Crippen LogP contribution is 2.15. The number of piperazine rings is 1. The molecule has 1 aromatic carbocycles. The lowest BCUT2D eigenvalue weighted by Gasteiger charge is -2.26. The zero-order chi connectivity index (χ0) is 12.1. The zero-order valence-electron chi connectivity index (χ0n) is 9.58. The van der Waals surface area contributed by atoms with E-state index in [4.69, 9.17) is 0 Å². The van der Waals surface area contributed by atoms with Gasteiger partial charge in [0.25, 0.3) is 0 Å². The van der Waals surface area contributed by atoms with Gasteiger partial charge in [-0.3, -0.25) is 9.69 Å². The summed E-state index contributed by atoms with van der Waals surface area (Å²) in [6.45, 7) is 4.26. The second-order valence-corrected chi connectivity index (χ2v) is 5.00. The number of anilines is 1. The van der Waals surface area contributed by atoms with Crippen molar-refractivity contribution in [1.82, 2.24) is 10.2 Å². The quantitative estimate of drug-likeness (QED) is 0.884. The fraction of sp³-hybridized carbons (Fsp3) is 0.417. The molecule has 1 amide bonds. The van der Waals surface area contributed by atoms with E-state index in [2.05, 4.69) is 31.5 Å². The number of nitrogens with one attached hydrogen (secondary N) is 2. The Morgan fingerprint density at radius 1 is 1.41 bits per heavy atom. The third-order valence-corrected chi connectivity index (χ3v) is 3.18. The third kappa shape index (κ3) is 4.11. The van der Waals surface area contributed by atoms with Crippen LogP contribution in [0.3, 0.4) is 0 Å². The second kappa shape index (κ2) is 6.14. The zero-order valence-corrected chi connectivity index (χ0v) is 11.2. The van der Waals surface area contributed by atoms with Crippen molar-refractivity contribution in [3.05, 3.63) is 28.7 Å². The average Bonchev–Trinajstić information content (AvgIpc) is 2.30. The van der Waals surface area contributed by atoms with Gasteiger partial charge in [-0.2, -0.15) is 0 Å². The van der Waals surface area contributed by atoms with E-state index in [9.17, 15) is 4.79 Å². The fourth-order valence-electron chi connectivity index (χ4n) is 1.84. The molecule has 92 valence electrons. The summed E-state index contributed by atoms with van der Waals surface area (Å²) in [6, 6.07) is 7.63. The highest BCUT2D eigenvalue weighted by Gasteiger charge is 2.13. The minimum Gasteiger partial charge on any atom is -0.325 e. The molecule has 2 rings (SSSR count). The number of carbonyl (C=O) groups excluding carboxylic acids is 1. The predicted octanol–water partition coefficient (Wildman–Crippen LogP) is 1.29. The van der Waals surface area contributed by atoms with Crippen LogP contribution in [0.25, 0.3) is 0 Å². The van der Waals surface area contributed by atoms with E-state index in [1.165, 1.54) is 0 Å². The van der Waals surface area contributed by atoms with Crippen LogP contribution in [0.1, 0.15) is 0 Å². The van der Waals surface area contributed by atoms with Crippen LogP contribution in [0.5, 0.6) is 0 Å². The minimum atomic E-state index is 0.0463. The number of hydrogen-bond donors (Lipinski definition) is 2. The Morgan fingerprint density at radius 2 is 2.18 bits per heavy atom. The molecule has 1 heterocycles. The van der Waals surface area contributed by atoms with Gasteiger partial charge in [-0.1, -0.05) is 22.0 Å². The molecule has 0 spiro atoms. The molecular formula is C12H16BrN3O. The molecule has 0 atom stereocenters. The van der Waals surface area contributed by atoms with E-state index in [1.807, 2.05) is 24.3 Å². The molecule has 5 heteroatoms. The first kappa shape index (κ1) is 12.5. The average molecular weight is 298 g/mol. The summed E-state index contributed by atoms with van der Waals surface area (Å²) < 4.78 is 0.970. The van der Waals surface area contributed by atoms with Crippen LogP contribution in [0.4, 0.5) is 5.69 Å². The van der Waals surface area contributed by atoms with E-state index in [0.717, 1.165) is 36.3 Å². The molecule has 1 saturated heterocycles. The lowest BCUT2D eigenvalue weighted by molar-refractivity contribution is -0.117. The van der Waals surface area contributed by atoms with Crippen LogP contribution in [-0.4, -0.2) is 43.5 Å². The van der Waals surface area contributed by atoms with Crippen molar-refractivity contribution in [2.45, 2.75) is 0 Å².